The number of primary amides is 1. The van der Waals surface area contributed by atoms with Gasteiger partial charge in [0.15, 0.2) is 0 Å². The number of amidine groups is 1. The van der Waals surface area contributed by atoms with Gasteiger partial charge in [-0.05, 0) is 41.8 Å². The molecule has 3 rings (SSSR count). The van der Waals surface area contributed by atoms with E-state index in [1.165, 1.54) is 12.1 Å². The zero-order valence-corrected chi connectivity index (χ0v) is 16.6. The predicted molar refractivity (Wildman–Crippen MR) is 114 cm³/mol. The van der Waals surface area contributed by atoms with Crippen molar-refractivity contribution in [2.24, 2.45) is 5.73 Å². The molecule has 1 aliphatic heterocycles. The van der Waals surface area contributed by atoms with Crippen molar-refractivity contribution in [1.82, 2.24) is 5.32 Å². The number of hydrogen-bond donors (Lipinski definition) is 5. The number of urea groups is 1. The second kappa shape index (κ2) is 8.40. The van der Waals surface area contributed by atoms with Crippen molar-refractivity contribution in [3.63, 3.8) is 0 Å². The van der Waals surface area contributed by atoms with Crippen molar-refractivity contribution in [3.05, 3.63) is 47.5 Å². The molecule has 1 fully saturated rings. The van der Waals surface area contributed by atoms with Crippen LogP contribution in [-0.4, -0.2) is 48.3 Å². The van der Waals surface area contributed by atoms with Gasteiger partial charge in [-0.15, -0.1) is 0 Å². The molecule has 2 aromatic carbocycles. The number of phenols is 2. The Morgan fingerprint density at radius 3 is 2.31 bits per heavy atom. The summed E-state index contributed by atoms with van der Waals surface area (Å²) in [6, 6.07) is 9.12. The average Bonchev–Trinajstić information content (AvgIpc) is 2.68. The molecule has 1 heterocycles. The summed E-state index contributed by atoms with van der Waals surface area (Å²) >= 11 is 0. The van der Waals surface area contributed by atoms with Crippen LogP contribution in [0.1, 0.15) is 30.9 Å². The third-order valence-corrected chi connectivity index (χ3v) is 5.06. The minimum Gasteiger partial charge on any atom is -0.508 e. The van der Waals surface area contributed by atoms with E-state index in [1.807, 2.05) is 26.0 Å². The second-order valence-corrected chi connectivity index (χ2v) is 7.36. The lowest BCUT2D eigenvalue weighted by atomic mass is 9.98. The Kier molecular flexibility index (Phi) is 5.93. The Labute approximate surface area is 170 Å². The molecule has 0 bridgehead atoms. The van der Waals surface area contributed by atoms with Crippen molar-refractivity contribution < 1.29 is 15.0 Å². The van der Waals surface area contributed by atoms with Crippen molar-refractivity contribution in [2.45, 2.75) is 19.8 Å². The van der Waals surface area contributed by atoms with Crippen LogP contribution in [0, 0.1) is 5.41 Å². The first-order valence-corrected chi connectivity index (χ1v) is 9.59. The Bertz CT molecular complexity index is 905. The summed E-state index contributed by atoms with van der Waals surface area (Å²) in [5.41, 5.74) is 7.71. The first-order valence-electron chi connectivity index (χ1n) is 9.59. The molecule has 0 atom stereocenters. The number of phenolic OH excluding ortho intramolecular Hbond substituents is 2. The molecule has 2 amide bonds. The Morgan fingerprint density at radius 2 is 1.76 bits per heavy atom. The number of anilines is 2. The van der Waals surface area contributed by atoms with Gasteiger partial charge in [-0.2, -0.15) is 0 Å². The molecule has 0 spiro atoms. The van der Waals surface area contributed by atoms with Gasteiger partial charge in [0.1, 0.15) is 17.3 Å². The van der Waals surface area contributed by atoms with Gasteiger partial charge >= 0.3 is 6.03 Å². The van der Waals surface area contributed by atoms with E-state index in [9.17, 15) is 15.0 Å². The number of aromatic hydroxyl groups is 2. The van der Waals surface area contributed by atoms with Crippen LogP contribution in [0.4, 0.5) is 16.2 Å². The molecular weight excluding hydrogens is 370 g/mol. The third kappa shape index (κ3) is 4.27. The van der Waals surface area contributed by atoms with Gasteiger partial charge in [-0.3, -0.25) is 5.41 Å². The van der Waals surface area contributed by atoms with Crippen LogP contribution in [0.15, 0.2) is 36.4 Å². The fourth-order valence-corrected chi connectivity index (χ4v) is 3.47. The maximum absolute atomic E-state index is 12.2. The Hall–Kier alpha value is -3.26. The van der Waals surface area contributed by atoms with Gasteiger partial charge in [0.25, 0.3) is 0 Å². The minimum atomic E-state index is -0.830. The maximum Gasteiger partial charge on any atom is 0.325 e. The molecule has 1 aliphatic rings. The summed E-state index contributed by atoms with van der Waals surface area (Å²) in [5.74, 6) is -0.630. The first-order chi connectivity index (χ1) is 13.8. The number of amides is 2. The number of piperazine rings is 1. The number of carbonyl (C=O) groups is 1. The molecule has 29 heavy (non-hydrogen) atoms. The van der Waals surface area contributed by atoms with Gasteiger partial charge in [0, 0.05) is 37.9 Å². The van der Waals surface area contributed by atoms with Crippen LogP contribution in [0.25, 0.3) is 0 Å². The largest absolute Gasteiger partial charge is 0.508 e. The molecule has 0 unspecified atom stereocenters. The van der Waals surface area contributed by atoms with Gasteiger partial charge in [-0.25, -0.2) is 9.69 Å². The van der Waals surface area contributed by atoms with Crippen molar-refractivity contribution in [3.8, 4) is 11.5 Å². The molecule has 0 aromatic heterocycles. The third-order valence-electron chi connectivity index (χ3n) is 5.06. The smallest absolute Gasteiger partial charge is 0.325 e. The topological polar surface area (TPSA) is 126 Å². The van der Waals surface area contributed by atoms with E-state index in [1.54, 1.807) is 12.1 Å². The number of rotatable bonds is 4. The van der Waals surface area contributed by atoms with Gasteiger partial charge in [0.05, 0.1) is 11.3 Å². The lowest BCUT2D eigenvalue weighted by Crippen LogP contribution is -2.43. The monoisotopic (exact) mass is 397 g/mol. The number of hydrogen-bond acceptors (Lipinski definition) is 6. The van der Waals surface area contributed by atoms with E-state index >= 15 is 0 Å². The molecule has 0 saturated carbocycles. The quantitative estimate of drug-likeness (QED) is 0.400. The van der Waals surface area contributed by atoms with Gasteiger partial charge in [0.2, 0.25) is 0 Å². The normalized spacial score (nSPS) is 14.1. The minimum absolute atomic E-state index is 0.0255. The number of nitrogens with two attached hydrogens (primary N) is 1. The highest BCUT2D eigenvalue weighted by Gasteiger charge is 2.24. The lowest BCUT2D eigenvalue weighted by molar-refractivity contribution is 0.256. The highest BCUT2D eigenvalue weighted by atomic mass is 16.3. The fourth-order valence-electron chi connectivity index (χ4n) is 3.47. The lowest BCUT2D eigenvalue weighted by Gasteiger charge is -2.30. The van der Waals surface area contributed by atoms with Gasteiger partial charge < -0.3 is 26.2 Å². The molecule has 0 radical (unpaired) electrons. The molecule has 8 heteroatoms. The van der Waals surface area contributed by atoms with Crippen LogP contribution in [0.3, 0.4) is 0 Å². The molecule has 1 saturated heterocycles. The summed E-state index contributed by atoms with van der Waals surface area (Å²) in [4.78, 5) is 15.4. The summed E-state index contributed by atoms with van der Waals surface area (Å²) in [7, 11) is 0. The summed E-state index contributed by atoms with van der Waals surface area (Å²) < 4.78 is 0. The highest BCUT2D eigenvalue weighted by molar-refractivity contribution is 6.22. The molecule has 8 nitrogen and oxygen atoms in total. The summed E-state index contributed by atoms with van der Waals surface area (Å²) in [5, 5.41) is 32.1. The van der Waals surface area contributed by atoms with Crippen molar-refractivity contribution in [2.75, 3.05) is 36.0 Å². The van der Waals surface area contributed by atoms with Crippen LogP contribution in [0.2, 0.25) is 0 Å². The summed E-state index contributed by atoms with van der Waals surface area (Å²) in [6.45, 7) is 7.40. The highest BCUT2D eigenvalue weighted by Crippen LogP contribution is 2.33. The fraction of sp³-hybridized carbons (Fsp3) is 0.333. The van der Waals surface area contributed by atoms with E-state index in [4.69, 9.17) is 11.1 Å². The van der Waals surface area contributed by atoms with Crippen LogP contribution >= 0.6 is 0 Å². The van der Waals surface area contributed by atoms with E-state index < -0.39 is 6.03 Å². The zero-order valence-electron chi connectivity index (χ0n) is 16.6. The van der Waals surface area contributed by atoms with Crippen molar-refractivity contribution >= 4 is 23.2 Å². The van der Waals surface area contributed by atoms with Crippen molar-refractivity contribution in [1.29, 1.82) is 5.41 Å². The molecule has 154 valence electrons. The van der Waals surface area contributed by atoms with E-state index in [2.05, 4.69) is 10.2 Å². The molecular formula is C21H27N5O3. The number of carbonyl (C=O) groups excluding carboxylic acids is 1. The number of nitrogens with zero attached hydrogens (tertiary/aromatic N) is 2. The predicted octanol–water partition coefficient (Wildman–Crippen LogP) is 2.54. The zero-order chi connectivity index (χ0) is 21.1. The van der Waals surface area contributed by atoms with Crippen LogP contribution < -0.4 is 20.9 Å². The van der Waals surface area contributed by atoms with E-state index in [-0.39, 0.29) is 28.8 Å². The van der Waals surface area contributed by atoms with E-state index in [0.717, 1.165) is 36.8 Å². The standard InChI is InChI=1S/C21H27N5O3/c1-13(2)16-11-17(19(28)12-18(16)27)20(22)26(21(23)29)15-5-3-14(4-6-15)25-9-7-24-8-10-25/h3-6,11-13,22,24,27-28H,7-10H2,1-2H3,(H2,23,29). The molecule has 6 N–H and O–H groups in total. The first kappa shape index (κ1) is 20.5. The average molecular weight is 397 g/mol. The van der Waals surface area contributed by atoms with E-state index in [0.29, 0.717) is 11.3 Å². The Balaban J connectivity index is 1.93. The maximum atomic E-state index is 12.2. The Morgan fingerprint density at radius 1 is 1.14 bits per heavy atom. The number of nitrogens with one attached hydrogen (secondary N) is 2. The van der Waals surface area contributed by atoms with Crippen LogP contribution in [0.5, 0.6) is 11.5 Å². The number of benzene rings is 2. The SMILES string of the molecule is CC(C)c1cc(C(=N)N(C(N)=O)c2ccc(N3CCNCC3)cc2)c(O)cc1O. The molecule has 2 aromatic rings. The van der Waals surface area contributed by atoms with Gasteiger partial charge in [-0.1, -0.05) is 13.8 Å². The second-order valence-electron chi connectivity index (χ2n) is 7.36. The van der Waals surface area contributed by atoms with Crippen LogP contribution in [-0.2, 0) is 0 Å². The summed E-state index contributed by atoms with van der Waals surface area (Å²) in [6.07, 6.45) is 0. The molecule has 0 aliphatic carbocycles.